The molecule has 0 aliphatic rings. The minimum atomic E-state index is -0.0595. The lowest BCUT2D eigenvalue weighted by atomic mass is 10.2. The number of benzene rings is 2. The van der Waals surface area contributed by atoms with E-state index in [-0.39, 0.29) is 5.56 Å². The molecule has 0 fully saturated rings. The van der Waals surface area contributed by atoms with Crippen LogP contribution in [0.5, 0.6) is 0 Å². The van der Waals surface area contributed by atoms with Crippen molar-refractivity contribution >= 4 is 39.2 Å². The van der Waals surface area contributed by atoms with E-state index in [1.165, 1.54) is 0 Å². The number of nitrogens with zero attached hydrogens (tertiary/aromatic N) is 2. The van der Waals surface area contributed by atoms with Crippen LogP contribution in [-0.4, -0.2) is 9.55 Å². The topological polar surface area (TPSA) is 60.9 Å². The van der Waals surface area contributed by atoms with Gasteiger partial charge in [-0.25, -0.2) is 4.98 Å². The van der Waals surface area contributed by atoms with E-state index in [1.807, 2.05) is 37.3 Å². The molecule has 0 saturated heterocycles. The molecule has 5 heteroatoms. The maximum Gasteiger partial charge on any atom is 0.265 e. The minimum absolute atomic E-state index is 0.0595. The molecule has 2 N–H and O–H groups in total. The first kappa shape index (κ1) is 13.1. The van der Waals surface area contributed by atoms with Gasteiger partial charge in [0.05, 0.1) is 16.6 Å². The normalized spacial score (nSPS) is 10.9. The Hall–Kier alpha value is -1.89. The number of rotatable bonds is 1. The summed E-state index contributed by atoms with van der Waals surface area (Å²) in [7, 11) is 0. The number of nitrogen functional groups attached to an aromatic ring is 1. The van der Waals surface area contributed by atoms with Crippen molar-refractivity contribution in [1.29, 1.82) is 0 Å². The molecule has 0 radical (unpaired) electrons. The summed E-state index contributed by atoms with van der Waals surface area (Å²) < 4.78 is 2.62. The lowest BCUT2D eigenvalue weighted by Crippen LogP contribution is -2.22. The summed E-state index contributed by atoms with van der Waals surface area (Å²) in [5, 5.41) is 0.624. The van der Waals surface area contributed by atoms with Crippen LogP contribution >= 0.6 is 22.6 Å². The Morgan fingerprint density at radius 3 is 2.55 bits per heavy atom. The maximum absolute atomic E-state index is 12.7. The SMILES string of the molecule is Cc1nc2ccc(I)cc2c(=O)n1-c1ccc(N)cc1. The van der Waals surface area contributed by atoms with Gasteiger partial charge in [0.15, 0.2) is 0 Å². The smallest absolute Gasteiger partial charge is 0.265 e. The Morgan fingerprint density at radius 2 is 1.85 bits per heavy atom. The van der Waals surface area contributed by atoms with Crippen LogP contribution in [0.3, 0.4) is 0 Å². The van der Waals surface area contributed by atoms with Crippen molar-refractivity contribution in [3.8, 4) is 5.69 Å². The highest BCUT2D eigenvalue weighted by atomic mass is 127. The lowest BCUT2D eigenvalue weighted by molar-refractivity contribution is 0.895. The van der Waals surface area contributed by atoms with Crippen LogP contribution in [0.2, 0.25) is 0 Å². The summed E-state index contributed by atoms with van der Waals surface area (Å²) in [5.74, 6) is 0.661. The molecule has 0 spiro atoms. The second kappa shape index (κ2) is 4.90. The third-order valence-corrected chi connectivity index (χ3v) is 3.82. The second-order valence-electron chi connectivity index (χ2n) is 4.55. The van der Waals surface area contributed by atoms with Crippen LogP contribution in [-0.2, 0) is 0 Å². The number of hydrogen-bond acceptors (Lipinski definition) is 3. The van der Waals surface area contributed by atoms with Crippen LogP contribution in [0.25, 0.3) is 16.6 Å². The molecule has 0 atom stereocenters. The maximum atomic E-state index is 12.7. The molecule has 0 unspecified atom stereocenters. The number of nitrogens with two attached hydrogens (primary N) is 1. The molecule has 0 saturated carbocycles. The molecule has 20 heavy (non-hydrogen) atoms. The van der Waals surface area contributed by atoms with Crippen LogP contribution in [0.4, 0.5) is 5.69 Å². The van der Waals surface area contributed by atoms with Crippen LogP contribution in [0, 0.1) is 10.5 Å². The van der Waals surface area contributed by atoms with Gasteiger partial charge in [-0.3, -0.25) is 9.36 Å². The number of hydrogen-bond donors (Lipinski definition) is 1. The Balaban J connectivity index is 2.36. The Labute approximate surface area is 129 Å². The Kier molecular flexibility index (Phi) is 3.21. The molecular weight excluding hydrogens is 365 g/mol. The summed E-state index contributed by atoms with van der Waals surface area (Å²) in [6.45, 7) is 1.83. The van der Waals surface area contributed by atoms with E-state index in [2.05, 4.69) is 27.6 Å². The highest BCUT2D eigenvalue weighted by Crippen LogP contribution is 2.16. The molecule has 3 aromatic rings. The monoisotopic (exact) mass is 377 g/mol. The molecule has 3 rings (SSSR count). The number of fused-ring (bicyclic) bond motifs is 1. The molecule has 100 valence electrons. The van der Waals surface area contributed by atoms with Crippen LogP contribution in [0.15, 0.2) is 47.3 Å². The molecule has 0 amide bonds. The predicted octanol–water partition coefficient (Wildman–Crippen LogP) is 2.88. The van der Waals surface area contributed by atoms with Crippen molar-refractivity contribution in [2.45, 2.75) is 6.92 Å². The fourth-order valence-electron chi connectivity index (χ4n) is 2.20. The number of halogens is 1. The molecule has 1 heterocycles. The molecule has 1 aromatic heterocycles. The van der Waals surface area contributed by atoms with E-state index in [4.69, 9.17) is 5.73 Å². The number of aryl methyl sites for hydroxylation is 1. The summed E-state index contributed by atoms with van der Waals surface area (Å²) in [6, 6.07) is 12.9. The van der Waals surface area contributed by atoms with Gasteiger partial charge in [0.25, 0.3) is 5.56 Å². The van der Waals surface area contributed by atoms with Crippen molar-refractivity contribution in [1.82, 2.24) is 9.55 Å². The molecule has 0 aliphatic carbocycles. The van der Waals surface area contributed by atoms with E-state index in [0.717, 1.165) is 14.8 Å². The average molecular weight is 377 g/mol. The summed E-state index contributed by atoms with van der Waals surface area (Å²) in [5.41, 5.74) is 7.79. The van der Waals surface area contributed by atoms with Crippen molar-refractivity contribution < 1.29 is 0 Å². The van der Waals surface area contributed by atoms with Crippen molar-refractivity contribution in [2.24, 2.45) is 0 Å². The first-order valence-electron chi connectivity index (χ1n) is 6.11. The fourth-order valence-corrected chi connectivity index (χ4v) is 2.69. The Morgan fingerprint density at radius 1 is 1.15 bits per heavy atom. The zero-order valence-electron chi connectivity index (χ0n) is 10.8. The van der Waals surface area contributed by atoms with E-state index in [0.29, 0.717) is 16.9 Å². The van der Waals surface area contributed by atoms with Crippen LogP contribution < -0.4 is 11.3 Å². The van der Waals surface area contributed by atoms with Crippen molar-refractivity contribution in [2.75, 3.05) is 5.73 Å². The molecular formula is C15H12IN3O. The third kappa shape index (κ3) is 2.18. The van der Waals surface area contributed by atoms with Gasteiger partial charge in [0.2, 0.25) is 0 Å². The Bertz CT molecular complexity index is 853. The molecule has 0 bridgehead atoms. The van der Waals surface area contributed by atoms with Crippen molar-refractivity contribution in [3.63, 3.8) is 0 Å². The first-order chi connectivity index (χ1) is 9.56. The number of aromatic nitrogens is 2. The summed E-state index contributed by atoms with van der Waals surface area (Å²) in [6.07, 6.45) is 0. The van der Waals surface area contributed by atoms with Gasteiger partial charge >= 0.3 is 0 Å². The van der Waals surface area contributed by atoms with Gasteiger partial charge in [-0.05, 0) is 72.0 Å². The highest BCUT2D eigenvalue weighted by molar-refractivity contribution is 14.1. The van der Waals surface area contributed by atoms with Gasteiger partial charge < -0.3 is 5.73 Å². The number of anilines is 1. The quantitative estimate of drug-likeness (QED) is 0.524. The standard InChI is InChI=1S/C15H12IN3O/c1-9-18-14-7-2-10(16)8-13(14)15(20)19(9)12-5-3-11(17)4-6-12/h2-8H,17H2,1H3. The first-order valence-corrected chi connectivity index (χ1v) is 7.19. The van der Waals surface area contributed by atoms with Gasteiger partial charge in [0.1, 0.15) is 5.82 Å². The van der Waals surface area contributed by atoms with Crippen molar-refractivity contribution in [3.05, 3.63) is 62.2 Å². The van der Waals surface area contributed by atoms with Gasteiger partial charge in [-0.15, -0.1) is 0 Å². The van der Waals surface area contributed by atoms with Gasteiger partial charge in [0, 0.05) is 9.26 Å². The minimum Gasteiger partial charge on any atom is -0.399 e. The summed E-state index contributed by atoms with van der Waals surface area (Å²) in [4.78, 5) is 17.2. The van der Waals surface area contributed by atoms with E-state index in [1.54, 1.807) is 16.7 Å². The zero-order chi connectivity index (χ0) is 14.3. The van der Waals surface area contributed by atoms with E-state index in [9.17, 15) is 4.79 Å². The molecule has 0 aliphatic heterocycles. The average Bonchev–Trinajstić information content (AvgIpc) is 2.42. The van der Waals surface area contributed by atoms with E-state index >= 15 is 0 Å². The predicted molar refractivity (Wildman–Crippen MR) is 89.2 cm³/mol. The fraction of sp³-hybridized carbons (Fsp3) is 0.0667. The lowest BCUT2D eigenvalue weighted by Gasteiger charge is -2.11. The van der Waals surface area contributed by atoms with E-state index < -0.39 is 0 Å². The van der Waals surface area contributed by atoms with Gasteiger partial charge in [-0.1, -0.05) is 0 Å². The second-order valence-corrected chi connectivity index (χ2v) is 5.80. The molecule has 2 aromatic carbocycles. The highest BCUT2D eigenvalue weighted by Gasteiger charge is 2.10. The zero-order valence-corrected chi connectivity index (χ0v) is 13.0. The summed E-state index contributed by atoms with van der Waals surface area (Å²) >= 11 is 2.19. The van der Waals surface area contributed by atoms with Crippen LogP contribution in [0.1, 0.15) is 5.82 Å². The third-order valence-electron chi connectivity index (χ3n) is 3.15. The molecule has 4 nitrogen and oxygen atoms in total. The van der Waals surface area contributed by atoms with Gasteiger partial charge in [-0.2, -0.15) is 0 Å². The largest absolute Gasteiger partial charge is 0.399 e.